The highest BCUT2D eigenvalue weighted by Gasteiger charge is 2.07. The molecule has 0 saturated heterocycles. The molecule has 2 aromatic heterocycles. The first kappa shape index (κ1) is 10.5. The first-order chi connectivity index (χ1) is 7.77. The maximum Gasteiger partial charge on any atom is 0.0806 e. The maximum atomic E-state index is 4.26. The second-order valence-electron chi connectivity index (χ2n) is 3.63. The Bertz CT molecular complexity index is 456. The van der Waals surface area contributed by atoms with E-state index in [0.29, 0.717) is 0 Å². The fourth-order valence-electron chi connectivity index (χ4n) is 1.48. The summed E-state index contributed by atoms with van der Waals surface area (Å²) in [4.78, 5) is 12.5. The lowest BCUT2D eigenvalue weighted by Crippen LogP contribution is -2.09. The lowest BCUT2D eigenvalue weighted by molar-refractivity contribution is 0.824. The fraction of sp³-hybridized carbons (Fsp3) is 0.250. The summed E-state index contributed by atoms with van der Waals surface area (Å²) in [5, 5.41) is 3.36. The predicted octanol–water partition coefficient (Wildman–Crippen LogP) is 2.35. The van der Waals surface area contributed by atoms with Gasteiger partial charge in [-0.05, 0) is 26.0 Å². The van der Waals surface area contributed by atoms with E-state index in [1.807, 2.05) is 19.1 Å². The molecular weight excluding hydrogens is 200 g/mol. The van der Waals surface area contributed by atoms with Crippen LogP contribution in [0.25, 0.3) is 0 Å². The largest absolute Gasteiger partial charge is 0.375 e. The van der Waals surface area contributed by atoms with Gasteiger partial charge in [0.1, 0.15) is 0 Å². The molecule has 0 radical (unpaired) electrons. The van der Waals surface area contributed by atoms with E-state index in [1.54, 1.807) is 24.8 Å². The zero-order valence-electron chi connectivity index (χ0n) is 9.38. The van der Waals surface area contributed by atoms with Gasteiger partial charge in [0.15, 0.2) is 0 Å². The van der Waals surface area contributed by atoms with Crippen LogP contribution in [0.3, 0.4) is 0 Å². The minimum absolute atomic E-state index is 0.122. The zero-order valence-corrected chi connectivity index (χ0v) is 9.38. The van der Waals surface area contributed by atoms with Crippen molar-refractivity contribution in [3.63, 3.8) is 0 Å². The van der Waals surface area contributed by atoms with E-state index >= 15 is 0 Å². The standard InChI is InChI=1S/C12H14N4/c1-9-11(4-3-5-14-9)16-10(2)12-8-13-6-7-15-12/h3-8,10,16H,1-2H3. The smallest absolute Gasteiger partial charge is 0.0806 e. The summed E-state index contributed by atoms with van der Waals surface area (Å²) >= 11 is 0. The van der Waals surface area contributed by atoms with Crippen molar-refractivity contribution in [1.82, 2.24) is 15.0 Å². The molecule has 0 saturated carbocycles. The van der Waals surface area contributed by atoms with Crippen molar-refractivity contribution in [2.45, 2.75) is 19.9 Å². The van der Waals surface area contributed by atoms with Gasteiger partial charge >= 0.3 is 0 Å². The van der Waals surface area contributed by atoms with E-state index < -0.39 is 0 Å². The van der Waals surface area contributed by atoms with Gasteiger partial charge < -0.3 is 5.32 Å². The number of nitrogens with zero attached hydrogens (tertiary/aromatic N) is 3. The molecule has 0 bridgehead atoms. The minimum atomic E-state index is 0.122. The van der Waals surface area contributed by atoms with E-state index in [4.69, 9.17) is 0 Å². The number of nitrogens with one attached hydrogen (secondary N) is 1. The van der Waals surface area contributed by atoms with Gasteiger partial charge in [-0.25, -0.2) is 0 Å². The van der Waals surface area contributed by atoms with Gasteiger partial charge in [-0.2, -0.15) is 0 Å². The third-order valence-corrected chi connectivity index (χ3v) is 2.41. The summed E-state index contributed by atoms with van der Waals surface area (Å²) in [6.45, 7) is 4.03. The Kier molecular flexibility index (Phi) is 3.10. The summed E-state index contributed by atoms with van der Waals surface area (Å²) in [5.74, 6) is 0. The molecule has 4 heteroatoms. The molecule has 0 fully saturated rings. The topological polar surface area (TPSA) is 50.7 Å². The Balaban J connectivity index is 2.14. The third kappa shape index (κ3) is 2.34. The number of aromatic nitrogens is 3. The van der Waals surface area contributed by atoms with Crippen LogP contribution >= 0.6 is 0 Å². The normalized spacial score (nSPS) is 12.1. The Hall–Kier alpha value is -1.97. The summed E-state index contributed by atoms with van der Waals surface area (Å²) in [7, 11) is 0. The van der Waals surface area contributed by atoms with Crippen LogP contribution < -0.4 is 5.32 Å². The predicted molar refractivity (Wildman–Crippen MR) is 63.0 cm³/mol. The lowest BCUT2D eigenvalue weighted by Gasteiger charge is -2.15. The van der Waals surface area contributed by atoms with Gasteiger partial charge in [0.05, 0.1) is 29.3 Å². The Morgan fingerprint density at radius 2 is 2.06 bits per heavy atom. The van der Waals surface area contributed by atoms with Crippen molar-refractivity contribution in [2.24, 2.45) is 0 Å². The summed E-state index contributed by atoms with van der Waals surface area (Å²) < 4.78 is 0. The molecule has 2 aromatic rings. The van der Waals surface area contributed by atoms with Crippen LogP contribution in [0, 0.1) is 6.92 Å². The van der Waals surface area contributed by atoms with Crippen LogP contribution in [0.2, 0.25) is 0 Å². The molecule has 0 aliphatic carbocycles. The average molecular weight is 214 g/mol. The van der Waals surface area contributed by atoms with E-state index in [9.17, 15) is 0 Å². The second-order valence-corrected chi connectivity index (χ2v) is 3.63. The summed E-state index contributed by atoms with van der Waals surface area (Å²) in [5.41, 5.74) is 2.93. The highest BCUT2D eigenvalue weighted by molar-refractivity contribution is 5.47. The van der Waals surface area contributed by atoms with Gasteiger partial charge in [0, 0.05) is 18.6 Å². The summed E-state index contributed by atoms with van der Waals surface area (Å²) in [6.07, 6.45) is 6.92. The first-order valence-corrected chi connectivity index (χ1v) is 5.21. The van der Waals surface area contributed by atoms with Crippen LogP contribution in [0.4, 0.5) is 5.69 Å². The van der Waals surface area contributed by atoms with Crippen molar-refractivity contribution >= 4 is 5.69 Å². The van der Waals surface area contributed by atoms with Crippen molar-refractivity contribution in [2.75, 3.05) is 5.32 Å². The molecule has 0 spiro atoms. The van der Waals surface area contributed by atoms with Gasteiger partial charge in [0.25, 0.3) is 0 Å². The number of anilines is 1. The average Bonchev–Trinajstić information content (AvgIpc) is 2.33. The number of aryl methyl sites for hydroxylation is 1. The van der Waals surface area contributed by atoms with E-state index in [2.05, 4.69) is 27.2 Å². The molecule has 1 atom stereocenters. The van der Waals surface area contributed by atoms with Crippen LogP contribution in [0.15, 0.2) is 36.9 Å². The molecule has 2 heterocycles. The zero-order chi connectivity index (χ0) is 11.4. The summed E-state index contributed by atoms with van der Waals surface area (Å²) in [6, 6.07) is 4.05. The van der Waals surface area contributed by atoms with E-state index in [0.717, 1.165) is 17.1 Å². The molecule has 0 aromatic carbocycles. The monoisotopic (exact) mass is 214 g/mol. The van der Waals surface area contributed by atoms with Crippen LogP contribution in [0.5, 0.6) is 0 Å². The van der Waals surface area contributed by atoms with Crippen molar-refractivity contribution in [3.8, 4) is 0 Å². The lowest BCUT2D eigenvalue weighted by atomic mass is 10.2. The van der Waals surface area contributed by atoms with Gasteiger partial charge in [0.2, 0.25) is 0 Å². The van der Waals surface area contributed by atoms with Gasteiger partial charge in [-0.1, -0.05) is 0 Å². The number of hydrogen-bond acceptors (Lipinski definition) is 4. The van der Waals surface area contributed by atoms with Gasteiger partial charge in [-0.3, -0.25) is 15.0 Å². The molecule has 1 unspecified atom stereocenters. The first-order valence-electron chi connectivity index (χ1n) is 5.21. The molecule has 1 N–H and O–H groups in total. The van der Waals surface area contributed by atoms with Crippen LogP contribution in [0.1, 0.15) is 24.4 Å². The third-order valence-electron chi connectivity index (χ3n) is 2.41. The maximum absolute atomic E-state index is 4.26. The highest BCUT2D eigenvalue weighted by atomic mass is 15.0. The molecule has 0 amide bonds. The Morgan fingerprint density at radius 1 is 1.19 bits per heavy atom. The number of hydrogen-bond donors (Lipinski definition) is 1. The minimum Gasteiger partial charge on any atom is -0.375 e. The highest BCUT2D eigenvalue weighted by Crippen LogP contribution is 2.18. The number of pyridine rings is 1. The van der Waals surface area contributed by atoms with Crippen LogP contribution in [-0.2, 0) is 0 Å². The SMILES string of the molecule is Cc1ncccc1NC(C)c1cnccn1. The van der Waals surface area contributed by atoms with E-state index in [-0.39, 0.29) is 6.04 Å². The van der Waals surface area contributed by atoms with E-state index in [1.165, 1.54) is 0 Å². The van der Waals surface area contributed by atoms with Gasteiger partial charge in [-0.15, -0.1) is 0 Å². The molecule has 82 valence electrons. The molecule has 0 aliphatic heterocycles. The Morgan fingerprint density at radius 3 is 2.75 bits per heavy atom. The Labute approximate surface area is 94.8 Å². The molecule has 16 heavy (non-hydrogen) atoms. The second kappa shape index (κ2) is 4.70. The quantitative estimate of drug-likeness (QED) is 0.852. The van der Waals surface area contributed by atoms with Crippen LogP contribution in [-0.4, -0.2) is 15.0 Å². The molecule has 0 aliphatic rings. The fourth-order valence-corrected chi connectivity index (χ4v) is 1.48. The number of rotatable bonds is 3. The van der Waals surface area contributed by atoms with Crippen molar-refractivity contribution in [1.29, 1.82) is 0 Å². The van der Waals surface area contributed by atoms with Crippen molar-refractivity contribution < 1.29 is 0 Å². The van der Waals surface area contributed by atoms with Crippen molar-refractivity contribution in [3.05, 3.63) is 48.3 Å². The molecular formula is C12H14N4. The molecule has 4 nitrogen and oxygen atoms in total. The molecule has 2 rings (SSSR count).